The monoisotopic (exact) mass is 252 g/mol. The molecule has 2 aromatic heterocycles. The second-order valence-corrected chi connectivity index (χ2v) is 3.76. The number of hydrogen-bond donors (Lipinski definition) is 1. The standard InChI is InChI=1S/C9H9BrN4/c1-6-13-2-3-14(6)9-7(10)4-12-5-8(9)11/h2-5H,11H2,1H3. The molecule has 0 spiro atoms. The van der Waals surface area contributed by atoms with Crippen LogP contribution in [0, 0.1) is 6.92 Å². The Morgan fingerprint density at radius 1 is 1.43 bits per heavy atom. The highest BCUT2D eigenvalue weighted by Crippen LogP contribution is 2.26. The van der Waals surface area contributed by atoms with Crippen LogP contribution in [0.2, 0.25) is 0 Å². The Labute approximate surface area is 89.9 Å². The molecule has 2 N–H and O–H groups in total. The minimum atomic E-state index is 0.625. The van der Waals surface area contributed by atoms with Crippen molar-refractivity contribution in [3.63, 3.8) is 0 Å². The molecule has 0 saturated heterocycles. The number of hydrogen-bond acceptors (Lipinski definition) is 3. The molecule has 0 fully saturated rings. The molecule has 2 heterocycles. The van der Waals surface area contributed by atoms with Crippen LogP contribution in [0.1, 0.15) is 5.82 Å². The van der Waals surface area contributed by atoms with Gasteiger partial charge >= 0.3 is 0 Å². The first-order valence-corrected chi connectivity index (χ1v) is 4.88. The number of imidazole rings is 1. The summed E-state index contributed by atoms with van der Waals surface area (Å²) in [4.78, 5) is 8.12. The highest BCUT2D eigenvalue weighted by molar-refractivity contribution is 9.10. The third-order valence-electron chi connectivity index (χ3n) is 1.97. The summed E-state index contributed by atoms with van der Waals surface area (Å²) < 4.78 is 2.78. The maximum absolute atomic E-state index is 5.84. The van der Waals surface area contributed by atoms with E-state index in [2.05, 4.69) is 25.9 Å². The van der Waals surface area contributed by atoms with Crippen molar-refractivity contribution >= 4 is 21.6 Å². The summed E-state index contributed by atoms with van der Waals surface area (Å²) in [6.45, 7) is 1.92. The number of aryl methyl sites for hydroxylation is 1. The third kappa shape index (κ3) is 1.39. The van der Waals surface area contributed by atoms with E-state index in [1.807, 2.05) is 17.7 Å². The summed E-state index contributed by atoms with van der Waals surface area (Å²) in [6, 6.07) is 0. The largest absolute Gasteiger partial charge is 0.396 e. The molecule has 2 aromatic rings. The van der Waals surface area contributed by atoms with Gasteiger partial charge in [-0.05, 0) is 22.9 Å². The highest BCUT2D eigenvalue weighted by Gasteiger charge is 2.08. The van der Waals surface area contributed by atoms with Gasteiger partial charge in [0.25, 0.3) is 0 Å². The van der Waals surface area contributed by atoms with Gasteiger partial charge in [0.1, 0.15) is 5.82 Å². The van der Waals surface area contributed by atoms with Crippen LogP contribution < -0.4 is 5.73 Å². The van der Waals surface area contributed by atoms with Gasteiger partial charge in [-0.25, -0.2) is 4.98 Å². The molecule has 0 radical (unpaired) electrons. The molecule has 2 rings (SSSR count). The molecule has 4 nitrogen and oxygen atoms in total. The van der Waals surface area contributed by atoms with Crippen LogP contribution in [-0.2, 0) is 0 Å². The Hall–Kier alpha value is -1.36. The lowest BCUT2D eigenvalue weighted by Gasteiger charge is -2.09. The topological polar surface area (TPSA) is 56.7 Å². The minimum absolute atomic E-state index is 0.625. The Balaban J connectivity index is 2.68. The molecule has 14 heavy (non-hydrogen) atoms. The Kier molecular flexibility index (Phi) is 2.25. The first-order chi connectivity index (χ1) is 6.70. The molecule has 0 amide bonds. The SMILES string of the molecule is Cc1nccn1-c1c(N)cncc1Br. The molecule has 0 saturated carbocycles. The van der Waals surface area contributed by atoms with Crippen molar-refractivity contribution in [1.82, 2.24) is 14.5 Å². The van der Waals surface area contributed by atoms with E-state index in [4.69, 9.17) is 5.73 Å². The van der Waals surface area contributed by atoms with Crippen molar-refractivity contribution in [3.05, 3.63) is 35.1 Å². The summed E-state index contributed by atoms with van der Waals surface area (Å²) in [5, 5.41) is 0. The van der Waals surface area contributed by atoms with Crippen molar-refractivity contribution in [2.24, 2.45) is 0 Å². The van der Waals surface area contributed by atoms with E-state index in [-0.39, 0.29) is 0 Å². The second-order valence-electron chi connectivity index (χ2n) is 2.90. The average Bonchev–Trinajstić information content (AvgIpc) is 2.52. The van der Waals surface area contributed by atoms with E-state index in [1.54, 1.807) is 18.6 Å². The molecule has 0 unspecified atom stereocenters. The molecule has 0 bridgehead atoms. The van der Waals surface area contributed by atoms with E-state index in [9.17, 15) is 0 Å². The molecule has 0 atom stereocenters. The average molecular weight is 253 g/mol. The van der Waals surface area contributed by atoms with E-state index < -0.39 is 0 Å². The van der Waals surface area contributed by atoms with Gasteiger partial charge in [0.15, 0.2) is 0 Å². The zero-order valence-electron chi connectivity index (χ0n) is 7.61. The Morgan fingerprint density at radius 3 is 2.79 bits per heavy atom. The predicted octanol–water partition coefficient (Wildman–Crippen LogP) is 1.92. The number of aromatic nitrogens is 3. The quantitative estimate of drug-likeness (QED) is 0.844. The van der Waals surface area contributed by atoms with Gasteiger partial charge in [0.05, 0.1) is 22.0 Å². The molecular formula is C9H9BrN4. The van der Waals surface area contributed by atoms with Gasteiger partial charge in [0.2, 0.25) is 0 Å². The maximum atomic E-state index is 5.84. The number of pyridine rings is 1. The van der Waals surface area contributed by atoms with Crippen LogP contribution in [0.25, 0.3) is 5.69 Å². The molecule has 0 aliphatic heterocycles. The molecule has 0 aromatic carbocycles. The van der Waals surface area contributed by atoms with E-state index in [0.29, 0.717) is 5.69 Å². The Bertz CT molecular complexity index is 443. The lowest BCUT2D eigenvalue weighted by atomic mass is 10.3. The molecule has 5 heteroatoms. The first-order valence-electron chi connectivity index (χ1n) is 4.09. The molecule has 72 valence electrons. The maximum Gasteiger partial charge on any atom is 0.110 e. The number of anilines is 1. The summed E-state index contributed by atoms with van der Waals surface area (Å²) in [7, 11) is 0. The molecule has 0 aliphatic carbocycles. The van der Waals surface area contributed by atoms with Gasteiger partial charge in [-0.15, -0.1) is 0 Å². The van der Waals surface area contributed by atoms with Crippen molar-refractivity contribution < 1.29 is 0 Å². The van der Waals surface area contributed by atoms with Gasteiger partial charge in [-0.3, -0.25) is 4.98 Å². The van der Waals surface area contributed by atoms with Crippen molar-refractivity contribution in [2.45, 2.75) is 6.92 Å². The summed E-state index contributed by atoms with van der Waals surface area (Å²) in [5.41, 5.74) is 7.35. The van der Waals surface area contributed by atoms with Crippen LogP contribution in [0.15, 0.2) is 29.3 Å². The highest BCUT2D eigenvalue weighted by atomic mass is 79.9. The van der Waals surface area contributed by atoms with Crippen LogP contribution in [-0.4, -0.2) is 14.5 Å². The fourth-order valence-electron chi connectivity index (χ4n) is 1.31. The van der Waals surface area contributed by atoms with Gasteiger partial charge in [-0.2, -0.15) is 0 Å². The number of nitrogen functional groups attached to an aromatic ring is 1. The van der Waals surface area contributed by atoms with Crippen LogP contribution in [0.5, 0.6) is 0 Å². The van der Waals surface area contributed by atoms with Crippen LogP contribution in [0.4, 0.5) is 5.69 Å². The second kappa shape index (κ2) is 3.42. The van der Waals surface area contributed by atoms with Crippen molar-refractivity contribution in [2.75, 3.05) is 5.73 Å². The number of halogens is 1. The van der Waals surface area contributed by atoms with Crippen molar-refractivity contribution in [3.8, 4) is 5.69 Å². The van der Waals surface area contributed by atoms with Gasteiger partial charge in [0, 0.05) is 18.6 Å². The van der Waals surface area contributed by atoms with E-state index >= 15 is 0 Å². The van der Waals surface area contributed by atoms with Crippen LogP contribution in [0.3, 0.4) is 0 Å². The van der Waals surface area contributed by atoms with Crippen LogP contribution >= 0.6 is 15.9 Å². The lowest BCUT2D eigenvalue weighted by Crippen LogP contribution is -2.02. The Morgan fingerprint density at radius 2 is 2.21 bits per heavy atom. The lowest BCUT2D eigenvalue weighted by molar-refractivity contribution is 0.967. The summed E-state index contributed by atoms with van der Waals surface area (Å²) >= 11 is 3.41. The summed E-state index contributed by atoms with van der Waals surface area (Å²) in [5.74, 6) is 0.892. The summed E-state index contributed by atoms with van der Waals surface area (Å²) in [6.07, 6.45) is 6.94. The number of nitrogens with zero attached hydrogens (tertiary/aromatic N) is 3. The fraction of sp³-hybridized carbons (Fsp3) is 0.111. The van der Waals surface area contributed by atoms with Gasteiger partial charge in [-0.1, -0.05) is 0 Å². The third-order valence-corrected chi connectivity index (χ3v) is 2.55. The zero-order chi connectivity index (χ0) is 10.1. The minimum Gasteiger partial charge on any atom is -0.396 e. The predicted molar refractivity (Wildman–Crippen MR) is 58.2 cm³/mol. The molecule has 0 aliphatic rings. The fourth-order valence-corrected chi connectivity index (χ4v) is 1.85. The smallest absolute Gasteiger partial charge is 0.110 e. The van der Waals surface area contributed by atoms with E-state index in [1.165, 1.54) is 0 Å². The first kappa shape index (κ1) is 9.21. The molecular weight excluding hydrogens is 244 g/mol. The van der Waals surface area contributed by atoms with E-state index in [0.717, 1.165) is 16.0 Å². The van der Waals surface area contributed by atoms with Gasteiger partial charge < -0.3 is 10.3 Å². The number of rotatable bonds is 1. The number of nitrogens with two attached hydrogens (primary N) is 1. The van der Waals surface area contributed by atoms with Crippen molar-refractivity contribution in [1.29, 1.82) is 0 Å². The zero-order valence-corrected chi connectivity index (χ0v) is 9.19. The normalized spacial score (nSPS) is 10.4.